The quantitative estimate of drug-likeness (QED) is 0.767. The van der Waals surface area contributed by atoms with Crippen LogP contribution in [0.1, 0.15) is 18.4 Å². The SMILES string of the molecule is CN(CC(=O)O)C1CCN(Cc2ccccc2OCC(F)(F)F)CC1.Cl. The normalized spacial score (nSPS) is 16.3. The molecule has 1 saturated heterocycles. The maximum Gasteiger partial charge on any atom is 0.422 e. The van der Waals surface area contributed by atoms with Crippen molar-refractivity contribution in [2.75, 3.05) is 33.3 Å². The average Bonchev–Trinajstić information content (AvgIpc) is 2.53. The van der Waals surface area contributed by atoms with Crippen LogP contribution in [0.15, 0.2) is 24.3 Å². The van der Waals surface area contributed by atoms with Gasteiger partial charge in [-0.25, -0.2) is 0 Å². The van der Waals surface area contributed by atoms with Gasteiger partial charge in [0, 0.05) is 18.2 Å². The second kappa shape index (κ2) is 9.99. The number of para-hydroxylation sites is 1. The summed E-state index contributed by atoms with van der Waals surface area (Å²) in [6.45, 7) is 0.763. The zero-order chi connectivity index (χ0) is 18.4. The van der Waals surface area contributed by atoms with E-state index in [0.717, 1.165) is 31.5 Å². The minimum absolute atomic E-state index is 0. The highest BCUT2D eigenvalue weighted by atomic mass is 35.5. The molecule has 26 heavy (non-hydrogen) atoms. The summed E-state index contributed by atoms with van der Waals surface area (Å²) in [4.78, 5) is 14.8. The van der Waals surface area contributed by atoms with E-state index in [0.29, 0.717) is 6.54 Å². The maximum absolute atomic E-state index is 12.4. The molecule has 1 aliphatic heterocycles. The topological polar surface area (TPSA) is 53.0 Å². The van der Waals surface area contributed by atoms with Gasteiger partial charge in [0.25, 0.3) is 0 Å². The number of likely N-dealkylation sites (tertiary alicyclic amines) is 1. The van der Waals surface area contributed by atoms with Crippen molar-refractivity contribution >= 4 is 18.4 Å². The summed E-state index contributed by atoms with van der Waals surface area (Å²) in [6, 6.07) is 6.97. The number of hydrogen-bond donors (Lipinski definition) is 1. The van der Waals surface area contributed by atoms with Gasteiger partial charge in [0.15, 0.2) is 6.61 Å². The Kier molecular flexibility index (Phi) is 8.66. The van der Waals surface area contributed by atoms with Crippen LogP contribution in [0.3, 0.4) is 0 Å². The smallest absolute Gasteiger partial charge is 0.422 e. The van der Waals surface area contributed by atoms with Gasteiger partial charge in [0.2, 0.25) is 0 Å². The second-order valence-corrected chi connectivity index (χ2v) is 6.33. The predicted molar refractivity (Wildman–Crippen MR) is 93.8 cm³/mol. The molecule has 1 aromatic carbocycles. The van der Waals surface area contributed by atoms with Gasteiger partial charge in [-0.2, -0.15) is 13.2 Å². The minimum Gasteiger partial charge on any atom is -0.484 e. The fourth-order valence-electron chi connectivity index (χ4n) is 3.04. The summed E-state index contributed by atoms with van der Waals surface area (Å²) in [6.07, 6.45) is -2.70. The van der Waals surface area contributed by atoms with Crippen LogP contribution in [0.25, 0.3) is 0 Å². The summed E-state index contributed by atoms with van der Waals surface area (Å²) in [5, 5.41) is 8.85. The molecule has 1 heterocycles. The van der Waals surface area contributed by atoms with Crippen LogP contribution in [0.2, 0.25) is 0 Å². The van der Waals surface area contributed by atoms with E-state index in [9.17, 15) is 18.0 Å². The molecule has 1 aromatic rings. The number of piperidine rings is 1. The molecule has 9 heteroatoms. The molecule has 1 aliphatic rings. The molecule has 0 spiro atoms. The lowest BCUT2D eigenvalue weighted by Gasteiger charge is -2.36. The Labute approximate surface area is 157 Å². The number of carbonyl (C=O) groups is 1. The van der Waals surface area contributed by atoms with Crippen molar-refractivity contribution in [3.05, 3.63) is 29.8 Å². The van der Waals surface area contributed by atoms with E-state index in [1.165, 1.54) is 0 Å². The molecule has 1 fully saturated rings. The largest absolute Gasteiger partial charge is 0.484 e. The molecule has 0 atom stereocenters. The standard InChI is InChI=1S/C17H23F3N2O3.ClH/c1-21(11-16(23)24)14-6-8-22(9-7-14)10-13-4-2-3-5-15(13)25-12-17(18,19)20;/h2-5,14H,6-12H2,1H3,(H,23,24);1H. The molecule has 0 bridgehead atoms. The summed E-state index contributed by atoms with van der Waals surface area (Å²) in [5.74, 6) is -0.592. The first-order chi connectivity index (χ1) is 11.7. The Morgan fingerprint density at radius 2 is 1.92 bits per heavy atom. The van der Waals surface area contributed by atoms with Crippen LogP contribution in [-0.2, 0) is 11.3 Å². The van der Waals surface area contributed by atoms with Gasteiger partial charge in [-0.05, 0) is 39.0 Å². The zero-order valence-corrected chi connectivity index (χ0v) is 15.4. The summed E-state index contributed by atoms with van der Waals surface area (Å²) in [5.41, 5.74) is 0.726. The third kappa shape index (κ3) is 7.39. The van der Waals surface area contributed by atoms with Crippen LogP contribution in [-0.4, -0.2) is 66.4 Å². The van der Waals surface area contributed by atoms with E-state index in [4.69, 9.17) is 9.84 Å². The number of carboxylic acid groups (broad SMARTS) is 1. The minimum atomic E-state index is -4.36. The van der Waals surface area contributed by atoms with Crippen LogP contribution in [0, 0.1) is 0 Å². The highest BCUT2D eigenvalue weighted by Crippen LogP contribution is 2.25. The van der Waals surface area contributed by atoms with Gasteiger partial charge in [-0.3, -0.25) is 14.6 Å². The van der Waals surface area contributed by atoms with Crippen LogP contribution in [0.5, 0.6) is 5.75 Å². The number of nitrogens with zero attached hydrogens (tertiary/aromatic N) is 2. The Morgan fingerprint density at radius 3 is 2.50 bits per heavy atom. The van der Waals surface area contributed by atoms with Gasteiger partial charge < -0.3 is 9.84 Å². The Bertz CT molecular complexity index is 579. The van der Waals surface area contributed by atoms with Crippen molar-refractivity contribution in [2.45, 2.75) is 31.6 Å². The second-order valence-electron chi connectivity index (χ2n) is 6.33. The average molecular weight is 397 g/mol. The molecule has 0 amide bonds. The van der Waals surface area contributed by atoms with Crippen molar-refractivity contribution in [2.24, 2.45) is 0 Å². The molecule has 0 aliphatic carbocycles. The number of rotatable bonds is 7. The molecule has 1 N–H and O–H groups in total. The van der Waals surface area contributed by atoms with Gasteiger partial charge in [0.05, 0.1) is 6.54 Å². The lowest BCUT2D eigenvalue weighted by atomic mass is 10.0. The molecular weight excluding hydrogens is 373 g/mol. The molecule has 0 radical (unpaired) electrons. The molecule has 0 aromatic heterocycles. The van der Waals surface area contributed by atoms with Crippen molar-refractivity contribution in [1.29, 1.82) is 0 Å². The third-order valence-corrected chi connectivity index (χ3v) is 4.32. The number of alkyl halides is 3. The van der Waals surface area contributed by atoms with E-state index < -0.39 is 18.8 Å². The van der Waals surface area contributed by atoms with Gasteiger partial charge >= 0.3 is 12.1 Å². The van der Waals surface area contributed by atoms with Gasteiger partial charge in [-0.1, -0.05) is 18.2 Å². The van der Waals surface area contributed by atoms with E-state index in [2.05, 4.69) is 4.90 Å². The van der Waals surface area contributed by atoms with Crippen molar-refractivity contribution in [3.8, 4) is 5.75 Å². The number of benzene rings is 1. The number of ether oxygens (including phenoxy) is 1. The van der Waals surface area contributed by atoms with E-state index in [1.54, 1.807) is 31.3 Å². The fourth-order valence-corrected chi connectivity index (χ4v) is 3.04. The van der Waals surface area contributed by atoms with Crippen molar-refractivity contribution < 1.29 is 27.8 Å². The van der Waals surface area contributed by atoms with Gasteiger partial charge in [0.1, 0.15) is 5.75 Å². The zero-order valence-electron chi connectivity index (χ0n) is 14.5. The highest BCUT2D eigenvalue weighted by Gasteiger charge is 2.29. The summed E-state index contributed by atoms with van der Waals surface area (Å²) in [7, 11) is 1.80. The number of halogens is 4. The lowest BCUT2D eigenvalue weighted by Crippen LogP contribution is -2.44. The number of carboxylic acids is 1. The van der Waals surface area contributed by atoms with Crippen molar-refractivity contribution in [1.82, 2.24) is 9.80 Å². The Balaban J connectivity index is 0.00000338. The summed E-state index contributed by atoms with van der Waals surface area (Å²) >= 11 is 0. The molecular formula is C17H24ClF3N2O3. The first-order valence-electron chi connectivity index (χ1n) is 8.16. The Hall–Kier alpha value is -1.51. The molecule has 2 rings (SSSR count). The first kappa shape index (κ1) is 22.5. The number of hydrogen-bond acceptors (Lipinski definition) is 4. The monoisotopic (exact) mass is 396 g/mol. The molecule has 5 nitrogen and oxygen atoms in total. The molecule has 0 unspecified atom stereocenters. The van der Waals surface area contributed by atoms with E-state index in [-0.39, 0.29) is 30.7 Å². The maximum atomic E-state index is 12.4. The van der Waals surface area contributed by atoms with E-state index in [1.807, 2.05) is 4.90 Å². The third-order valence-electron chi connectivity index (χ3n) is 4.32. The molecule has 148 valence electrons. The highest BCUT2D eigenvalue weighted by molar-refractivity contribution is 5.85. The van der Waals surface area contributed by atoms with Crippen LogP contribution in [0.4, 0.5) is 13.2 Å². The fraction of sp³-hybridized carbons (Fsp3) is 0.588. The van der Waals surface area contributed by atoms with Crippen LogP contribution < -0.4 is 4.74 Å². The summed E-state index contributed by atoms with van der Waals surface area (Å²) < 4.78 is 42.0. The number of likely N-dealkylation sites (N-methyl/N-ethyl adjacent to an activating group) is 1. The van der Waals surface area contributed by atoms with Crippen LogP contribution >= 0.6 is 12.4 Å². The van der Waals surface area contributed by atoms with E-state index >= 15 is 0 Å². The predicted octanol–water partition coefficient (Wildman–Crippen LogP) is 3.03. The van der Waals surface area contributed by atoms with Crippen molar-refractivity contribution in [3.63, 3.8) is 0 Å². The Morgan fingerprint density at radius 1 is 1.31 bits per heavy atom. The molecule has 0 saturated carbocycles. The van der Waals surface area contributed by atoms with Gasteiger partial charge in [-0.15, -0.1) is 12.4 Å². The lowest BCUT2D eigenvalue weighted by molar-refractivity contribution is -0.153. The first-order valence-corrected chi connectivity index (χ1v) is 8.16. The number of aliphatic carboxylic acids is 1.